The molecule has 20 heavy (non-hydrogen) atoms. The Morgan fingerprint density at radius 3 is 2.45 bits per heavy atom. The van der Waals surface area contributed by atoms with Crippen molar-refractivity contribution in [3.8, 4) is 0 Å². The summed E-state index contributed by atoms with van der Waals surface area (Å²) in [4.78, 5) is 2.09. The number of benzene rings is 2. The number of nitrogens with two attached hydrogens (primary N) is 1. The van der Waals surface area contributed by atoms with Crippen molar-refractivity contribution in [1.82, 2.24) is 0 Å². The monoisotopic (exact) mass is 308 g/mol. The molecule has 0 aromatic heterocycles. The fraction of sp³-hybridized carbons (Fsp3) is 0.250. The SMILES string of the molecule is CN(Cc1ccccc1Cl)c1ccc(CCN)cc1Cl. The van der Waals surface area contributed by atoms with Gasteiger partial charge in [-0.05, 0) is 42.3 Å². The van der Waals surface area contributed by atoms with Crippen LogP contribution in [0.2, 0.25) is 10.0 Å². The van der Waals surface area contributed by atoms with Gasteiger partial charge >= 0.3 is 0 Å². The van der Waals surface area contributed by atoms with Gasteiger partial charge in [-0.1, -0.05) is 47.5 Å². The van der Waals surface area contributed by atoms with Crippen molar-refractivity contribution in [1.29, 1.82) is 0 Å². The summed E-state index contributed by atoms with van der Waals surface area (Å²) in [7, 11) is 2.01. The molecule has 0 spiro atoms. The lowest BCUT2D eigenvalue weighted by Crippen LogP contribution is -2.17. The van der Waals surface area contributed by atoms with Crippen LogP contribution in [-0.2, 0) is 13.0 Å². The van der Waals surface area contributed by atoms with Crippen molar-refractivity contribution in [2.75, 3.05) is 18.5 Å². The second-order valence-electron chi connectivity index (χ2n) is 4.77. The quantitative estimate of drug-likeness (QED) is 0.900. The molecular formula is C16H18Cl2N2. The molecule has 2 N–H and O–H groups in total. The lowest BCUT2D eigenvalue weighted by Gasteiger charge is -2.21. The van der Waals surface area contributed by atoms with Crippen LogP contribution < -0.4 is 10.6 Å². The number of rotatable bonds is 5. The molecule has 2 aromatic carbocycles. The zero-order chi connectivity index (χ0) is 14.5. The third-order valence-electron chi connectivity index (χ3n) is 3.22. The molecule has 0 aliphatic carbocycles. The lowest BCUT2D eigenvalue weighted by atomic mass is 10.1. The van der Waals surface area contributed by atoms with Crippen LogP contribution in [0, 0.1) is 0 Å². The van der Waals surface area contributed by atoms with E-state index in [9.17, 15) is 0 Å². The Bertz CT molecular complexity index is 584. The van der Waals surface area contributed by atoms with Gasteiger partial charge in [0.05, 0.1) is 10.7 Å². The lowest BCUT2D eigenvalue weighted by molar-refractivity contribution is 0.919. The molecule has 2 rings (SSSR count). The van der Waals surface area contributed by atoms with Crippen LogP contribution in [0.3, 0.4) is 0 Å². The molecule has 0 fully saturated rings. The maximum Gasteiger partial charge on any atom is 0.0642 e. The van der Waals surface area contributed by atoms with E-state index >= 15 is 0 Å². The van der Waals surface area contributed by atoms with Gasteiger partial charge in [-0.3, -0.25) is 0 Å². The van der Waals surface area contributed by atoms with Crippen LogP contribution in [0.5, 0.6) is 0 Å². The maximum atomic E-state index is 6.35. The summed E-state index contributed by atoms with van der Waals surface area (Å²) in [6, 6.07) is 13.9. The topological polar surface area (TPSA) is 29.3 Å². The van der Waals surface area contributed by atoms with Crippen LogP contribution in [0.25, 0.3) is 0 Å². The minimum absolute atomic E-state index is 0.630. The van der Waals surface area contributed by atoms with Crippen molar-refractivity contribution in [2.24, 2.45) is 5.73 Å². The summed E-state index contributed by atoms with van der Waals surface area (Å²) in [5, 5.41) is 1.51. The Hall–Kier alpha value is -1.22. The van der Waals surface area contributed by atoms with E-state index in [1.54, 1.807) is 0 Å². The molecule has 0 aliphatic heterocycles. The van der Waals surface area contributed by atoms with E-state index in [0.717, 1.165) is 39.8 Å². The molecule has 0 amide bonds. The van der Waals surface area contributed by atoms with E-state index in [4.69, 9.17) is 28.9 Å². The Kier molecular flexibility index (Phi) is 5.30. The minimum atomic E-state index is 0.630. The van der Waals surface area contributed by atoms with Gasteiger partial charge in [-0.2, -0.15) is 0 Å². The normalized spacial score (nSPS) is 10.6. The predicted octanol–water partition coefficient (Wildman–Crippen LogP) is 4.13. The summed E-state index contributed by atoms with van der Waals surface area (Å²) in [6.45, 7) is 1.35. The molecule has 2 aromatic rings. The Morgan fingerprint density at radius 2 is 1.80 bits per heavy atom. The summed E-state index contributed by atoms with van der Waals surface area (Å²) >= 11 is 12.5. The third kappa shape index (κ3) is 3.66. The van der Waals surface area contributed by atoms with Gasteiger partial charge in [0.2, 0.25) is 0 Å². The van der Waals surface area contributed by atoms with Gasteiger partial charge in [-0.25, -0.2) is 0 Å². The number of hydrogen-bond acceptors (Lipinski definition) is 2. The van der Waals surface area contributed by atoms with Crippen molar-refractivity contribution >= 4 is 28.9 Å². The van der Waals surface area contributed by atoms with E-state index < -0.39 is 0 Å². The van der Waals surface area contributed by atoms with Crippen LogP contribution in [-0.4, -0.2) is 13.6 Å². The highest BCUT2D eigenvalue weighted by Crippen LogP contribution is 2.28. The van der Waals surface area contributed by atoms with E-state index in [-0.39, 0.29) is 0 Å². The van der Waals surface area contributed by atoms with Crippen molar-refractivity contribution in [2.45, 2.75) is 13.0 Å². The molecule has 0 unspecified atom stereocenters. The van der Waals surface area contributed by atoms with Crippen molar-refractivity contribution in [3.05, 3.63) is 63.6 Å². The first kappa shape index (κ1) is 15.2. The first-order chi connectivity index (χ1) is 9.61. The summed E-state index contributed by atoms with van der Waals surface area (Å²) in [5.74, 6) is 0. The highest BCUT2D eigenvalue weighted by Gasteiger charge is 2.09. The van der Waals surface area contributed by atoms with Gasteiger partial charge in [-0.15, -0.1) is 0 Å². The number of hydrogen-bond donors (Lipinski definition) is 1. The number of anilines is 1. The fourth-order valence-electron chi connectivity index (χ4n) is 2.15. The van der Waals surface area contributed by atoms with E-state index in [0.29, 0.717) is 6.54 Å². The molecule has 0 atom stereocenters. The van der Waals surface area contributed by atoms with Gasteiger partial charge in [0.15, 0.2) is 0 Å². The van der Waals surface area contributed by atoms with Crippen LogP contribution in [0.15, 0.2) is 42.5 Å². The van der Waals surface area contributed by atoms with Gasteiger partial charge in [0.25, 0.3) is 0 Å². The largest absolute Gasteiger partial charge is 0.369 e. The molecular weight excluding hydrogens is 291 g/mol. The molecule has 106 valence electrons. The highest BCUT2D eigenvalue weighted by atomic mass is 35.5. The fourth-order valence-corrected chi connectivity index (χ4v) is 2.69. The van der Waals surface area contributed by atoms with E-state index in [2.05, 4.69) is 11.0 Å². The van der Waals surface area contributed by atoms with Crippen molar-refractivity contribution < 1.29 is 0 Å². The Labute approximate surface area is 130 Å². The standard InChI is InChI=1S/C16H18Cl2N2/c1-20(11-13-4-2-3-5-14(13)17)16-7-6-12(8-9-19)10-15(16)18/h2-7,10H,8-9,11,19H2,1H3. The first-order valence-electron chi connectivity index (χ1n) is 6.55. The summed E-state index contributed by atoms with van der Waals surface area (Å²) in [6.07, 6.45) is 0.841. The molecule has 2 nitrogen and oxygen atoms in total. The van der Waals surface area contributed by atoms with Gasteiger partial charge in [0.1, 0.15) is 0 Å². The number of nitrogens with zero attached hydrogens (tertiary/aromatic N) is 1. The zero-order valence-electron chi connectivity index (χ0n) is 11.4. The molecule has 0 radical (unpaired) electrons. The summed E-state index contributed by atoms with van der Waals surface area (Å²) in [5.41, 5.74) is 8.79. The zero-order valence-corrected chi connectivity index (χ0v) is 13.0. The van der Waals surface area contributed by atoms with E-state index in [1.165, 1.54) is 0 Å². The summed E-state index contributed by atoms with van der Waals surface area (Å²) < 4.78 is 0. The van der Waals surface area contributed by atoms with Gasteiger partial charge in [0, 0.05) is 18.6 Å². The Morgan fingerprint density at radius 1 is 1.05 bits per heavy atom. The second-order valence-corrected chi connectivity index (χ2v) is 5.59. The average molecular weight is 309 g/mol. The van der Waals surface area contributed by atoms with Crippen LogP contribution in [0.4, 0.5) is 5.69 Å². The third-order valence-corrected chi connectivity index (χ3v) is 3.89. The maximum absolute atomic E-state index is 6.35. The van der Waals surface area contributed by atoms with Crippen LogP contribution in [0.1, 0.15) is 11.1 Å². The van der Waals surface area contributed by atoms with Crippen LogP contribution >= 0.6 is 23.2 Å². The molecule has 4 heteroatoms. The molecule has 0 saturated heterocycles. The first-order valence-corrected chi connectivity index (χ1v) is 7.30. The van der Waals surface area contributed by atoms with Crippen molar-refractivity contribution in [3.63, 3.8) is 0 Å². The number of halogens is 2. The molecule has 0 saturated carbocycles. The molecule has 0 heterocycles. The molecule has 0 aliphatic rings. The van der Waals surface area contributed by atoms with Gasteiger partial charge < -0.3 is 10.6 Å². The predicted molar refractivity (Wildman–Crippen MR) is 87.8 cm³/mol. The Balaban J connectivity index is 2.17. The van der Waals surface area contributed by atoms with E-state index in [1.807, 2.05) is 43.4 Å². The highest BCUT2D eigenvalue weighted by molar-refractivity contribution is 6.33. The molecule has 0 bridgehead atoms. The smallest absolute Gasteiger partial charge is 0.0642 e. The average Bonchev–Trinajstić information content (AvgIpc) is 2.42. The second kappa shape index (κ2) is 6.98. The minimum Gasteiger partial charge on any atom is -0.369 e.